The second-order valence-electron chi connectivity index (χ2n) is 7.01. The van der Waals surface area contributed by atoms with Crippen LogP contribution in [0.4, 0.5) is 5.95 Å². The van der Waals surface area contributed by atoms with Crippen molar-refractivity contribution >= 4 is 5.95 Å². The highest BCUT2D eigenvalue weighted by Crippen LogP contribution is 2.24. The molecule has 0 radical (unpaired) electrons. The summed E-state index contributed by atoms with van der Waals surface area (Å²) in [4.78, 5) is 20.1. The van der Waals surface area contributed by atoms with E-state index < -0.39 is 0 Å². The molecule has 26 heavy (non-hydrogen) atoms. The Morgan fingerprint density at radius 3 is 2.62 bits per heavy atom. The maximum Gasteiger partial charge on any atom is 0.225 e. The second-order valence-corrected chi connectivity index (χ2v) is 7.01. The molecule has 0 unspecified atom stereocenters. The SMILES string of the molecule is Cc1ncc(-c2ccc(C[C@@H]3CCCN(c4ncccn4)C3)cn2)n1C. The van der Waals surface area contributed by atoms with Gasteiger partial charge < -0.3 is 9.47 Å². The molecule has 1 fully saturated rings. The Kier molecular flexibility index (Phi) is 4.65. The third-order valence-corrected chi connectivity index (χ3v) is 5.19. The molecule has 4 rings (SSSR count). The first-order valence-electron chi connectivity index (χ1n) is 9.16. The number of anilines is 1. The fraction of sp³-hybridized carbons (Fsp3) is 0.400. The molecule has 0 spiro atoms. The normalized spacial score (nSPS) is 17.5. The van der Waals surface area contributed by atoms with Gasteiger partial charge in [-0.05, 0) is 49.8 Å². The molecule has 1 atom stereocenters. The summed E-state index contributed by atoms with van der Waals surface area (Å²) in [6, 6.07) is 6.16. The zero-order valence-electron chi connectivity index (χ0n) is 15.3. The number of piperidine rings is 1. The van der Waals surface area contributed by atoms with Gasteiger partial charge in [0.25, 0.3) is 0 Å². The third-order valence-electron chi connectivity index (χ3n) is 5.19. The standard InChI is InChI=1S/C20H24N6/c1-15-23-13-19(25(15)2)18-7-6-16(12-24-18)11-17-5-3-10-26(14-17)20-21-8-4-9-22-20/h4,6-9,12-13,17H,3,5,10-11,14H2,1-2H3/t17-/m0/s1. The van der Waals surface area contributed by atoms with Crippen molar-refractivity contribution in [2.45, 2.75) is 26.2 Å². The number of imidazole rings is 1. The van der Waals surface area contributed by atoms with Gasteiger partial charge in [0, 0.05) is 38.7 Å². The lowest BCUT2D eigenvalue weighted by atomic mass is 9.92. The molecule has 0 amide bonds. The highest BCUT2D eigenvalue weighted by molar-refractivity contribution is 5.54. The third kappa shape index (κ3) is 3.45. The smallest absolute Gasteiger partial charge is 0.225 e. The Hall–Kier alpha value is -2.76. The van der Waals surface area contributed by atoms with Crippen LogP contribution in [0.5, 0.6) is 0 Å². The molecule has 3 aromatic heterocycles. The summed E-state index contributed by atoms with van der Waals surface area (Å²) in [7, 11) is 2.02. The lowest BCUT2D eigenvalue weighted by molar-refractivity contribution is 0.409. The van der Waals surface area contributed by atoms with Crippen LogP contribution in [0.25, 0.3) is 11.4 Å². The van der Waals surface area contributed by atoms with Crippen LogP contribution in [0.15, 0.2) is 43.0 Å². The highest BCUT2D eigenvalue weighted by atomic mass is 15.2. The van der Waals surface area contributed by atoms with Gasteiger partial charge in [-0.1, -0.05) is 6.07 Å². The molecule has 0 aromatic carbocycles. The zero-order valence-corrected chi connectivity index (χ0v) is 15.3. The molecule has 0 saturated carbocycles. The van der Waals surface area contributed by atoms with Gasteiger partial charge in [-0.3, -0.25) is 4.98 Å². The molecular weight excluding hydrogens is 324 g/mol. The van der Waals surface area contributed by atoms with E-state index in [1.165, 1.54) is 18.4 Å². The molecule has 0 aliphatic carbocycles. The Morgan fingerprint density at radius 2 is 1.92 bits per heavy atom. The lowest BCUT2D eigenvalue weighted by Crippen LogP contribution is -2.37. The number of aromatic nitrogens is 5. The quantitative estimate of drug-likeness (QED) is 0.725. The number of nitrogens with zero attached hydrogens (tertiary/aromatic N) is 6. The van der Waals surface area contributed by atoms with E-state index in [1.54, 1.807) is 0 Å². The Morgan fingerprint density at radius 1 is 1.08 bits per heavy atom. The summed E-state index contributed by atoms with van der Waals surface area (Å²) in [6.45, 7) is 4.05. The van der Waals surface area contributed by atoms with Gasteiger partial charge >= 0.3 is 0 Å². The van der Waals surface area contributed by atoms with Gasteiger partial charge in [0.1, 0.15) is 5.82 Å². The first-order valence-corrected chi connectivity index (χ1v) is 9.16. The zero-order chi connectivity index (χ0) is 17.9. The molecule has 1 aliphatic heterocycles. The van der Waals surface area contributed by atoms with Crippen LogP contribution < -0.4 is 4.90 Å². The van der Waals surface area contributed by atoms with Crippen molar-refractivity contribution in [1.29, 1.82) is 0 Å². The summed E-state index contributed by atoms with van der Waals surface area (Å²) in [6.07, 6.45) is 11.0. The van der Waals surface area contributed by atoms with Crippen molar-refractivity contribution in [3.63, 3.8) is 0 Å². The predicted molar refractivity (Wildman–Crippen MR) is 102 cm³/mol. The summed E-state index contributed by atoms with van der Waals surface area (Å²) in [5.41, 5.74) is 3.31. The van der Waals surface area contributed by atoms with Crippen LogP contribution in [0.3, 0.4) is 0 Å². The minimum Gasteiger partial charge on any atom is -0.341 e. The molecule has 4 heterocycles. The molecular formula is C20H24N6. The number of rotatable bonds is 4. The Bertz CT molecular complexity index is 856. The summed E-state index contributed by atoms with van der Waals surface area (Å²) in [5.74, 6) is 2.45. The lowest BCUT2D eigenvalue weighted by Gasteiger charge is -2.32. The number of hydrogen-bond donors (Lipinski definition) is 0. The Labute approximate surface area is 154 Å². The molecule has 3 aromatic rings. The van der Waals surface area contributed by atoms with Crippen molar-refractivity contribution in [2.75, 3.05) is 18.0 Å². The minimum atomic E-state index is 0.610. The van der Waals surface area contributed by atoms with Gasteiger partial charge in [-0.2, -0.15) is 0 Å². The number of hydrogen-bond acceptors (Lipinski definition) is 5. The van der Waals surface area contributed by atoms with E-state index in [0.717, 1.165) is 42.7 Å². The molecule has 0 N–H and O–H groups in total. The van der Waals surface area contributed by atoms with Crippen LogP contribution in [-0.2, 0) is 13.5 Å². The van der Waals surface area contributed by atoms with E-state index in [0.29, 0.717) is 5.92 Å². The topological polar surface area (TPSA) is 59.7 Å². The van der Waals surface area contributed by atoms with Crippen molar-refractivity contribution < 1.29 is 0 Å². The average Bonchev–Trinajstić information content (AvgIpc) is 3.02. The molecule has 6 nitrogen and oxygen atoms in total. The van der Waals surface area contributed by atoms with Crippen LogP contribution >= 0.6 is 0 Å². The van der Waals surface area contributed by atoms with Crippen molar-refractivity contribution in [2.24, 2.45) is 13.0 Å². The minimum absolute atomic E-state index is 0.610. The monoisotopic (exact) mass is 348 g/mol. The van der Waals surface area contributed by atoms with Crippen molar-refractivity contribution in [3.8, 4) is 11.4 Å². The van der Waals surface area contributed by atoms with Crippen molar-refractivity contribution in [3.05, 3.63) is 54.4 Å². The van der Waals surface area contributed by atoms with E-state index >= 15 is 0 Å². The van der Waals surface area contributed by atoms with Gasteiger partial charge in [0.05, 0.1) is 17.6 Å². The molecule has 134 valence electrons. The van der Waals surface area contributed by atoms with E-state index in [1.807, 2.05) is 44.8 Å². The fourth-order valence-corrected chi connectivity index (χ4v) is 3.64. The van der Waals surface area contributed by atoms with Crippen LogP contribution in [0.2, 0.25) is 0 Å². The van der Waals surface area contributed by atoms with Gasteiger partial charge in [-0.15, -0.1) is 0 Å². The van der Waals surface area contributed by atoms with Crippen LogP contribution in [-0.4, -0.2) is 37.6 Å². The van der Waals surface area contributed by atoms with E-state index in [4.69, 9.17) is 0 Å². The van der Waals surface area contributed by atoms with E-state index in [2.05, 4.69) is 41.5 Å². The first-order chi connectivity index (χ1) is 12.7. The molecule has 1 aliphatic rings. The van der Waals surface area contributed by atoms with Crippen LogP contribution in [0, 0.1) is 12.8 Å². The largest absolute Gasteiger partial charge is 0.341 e. The van der Waals surface area contributed by atoms with Gasteiger partial charge in [-0.25, -0.2) is 15.0 Å². The number of pyridine rings is 1. The van der Waals surface area contributed by atoms with Gasteiger partial charge in [0.15, 0.2) is 0 Å². The average molecular weight is 348 g/mol. The predicted octanol–water partition coefficient (Wildman–Crippen LogP) is 3.04. The molecule has 0 bridgehead atoms. The summed E-state index contributed by atoms with van der Waals surface area (Å²) < 4.78 is 2.07. The maximum atomic E-state index is 4.67. The Balaban J connectivity index is 1.43. The summed E-state index contributed by atoms with van der Waals surface area (Å²) in [5, 5.41) is 0. The van der Waals surface area contributed by atoms with E-state index in [9.17, 15) is 0 Å². The van der Waals surface area contributed by atoms with Gasteiger partial charge in [0.2, 0.25) is 5.95 Å². The van der Waals surface area contributed by atoms with Crippen LogP contribution in [0.1, 0.15) is 24.2 Å². The maximum absolute atomic E-state index is 4.67. The van der Waals surface area contributed by atoms with Crippen molar-refractivity contribution in [1.82, 2.24) is 24.5 Å². The fourth-order valence-electron chi connectivity index (χ4n) is 3.64. The highest BCUT2D eigenvalue weighted by Gasteiger charge is 2.22. The van der Waals surface area contributed by atoms with E-state index in [-0.39, 0.29) is 0 Å². The molecule has 1 saturated heterocycles. The molecule has 6 heteroatoms. The summed E-state index contributed by atoms with van der Waals surface area (Å²) >= 11 is 0. The first kappa shape index (κ1) is 16.7. The second kappa shape index (κ2) is 7.23. The number of aryl methyl sites for hydroxylation is 1.